The van der Waals surface area contributed by atoms with Crippen LogP contribution in [-0.4, -0.2) is 27.6 Å². The van der Waals surface area contributed by atoms with E-state index in [9.17, 15) is 0 Å². The van der Waals surface area contributed by atoms with Gasteiger partial charge < -0.3 is 4.57 Å². The van der Waals surface area contributed by atoms with Gasteiger partial charge in [0, 0.05) is 33.0 Å². The SMILES string of the molecule is [C-]#[N+]c1ccc(-c2ccc3c4ccccc4n(-c4cc(-c5nc(-c6ccccc6)nc(-c6ccccc6)n5)ccc4-c4cccc([Si](c5ccccc5)(c5ccccc5)c5ccccc5)c4)c3c2)cc1. The van der Waals surface area contributed by atoms with Gasteiger partial charge in [0.25, 0.3) is 0 Å². The van der Waals surface area contributed by atoms with Crippen LogP contribution < -0.4 is 20.7 Å². The predicted octanol–water partition coefficient (Wildman–Crippen LogP) is 13.2. The molecule has 0 amide bonds. The van der Waals surface area contributed by atoms with Gasteiger partial charge >= 0.3 is 0 Å². The van der Waals surface area contributed by atoms with Crippen molar-refractivity contribution in [3.63, 3.8) is 0 Å². The first kappa shape index (κ1) is 42.1. The monoisotopic (exact) mass is 909 g/mol. The Morgan fingerprint density at radius 3 is 1.36 bits per heavy atom. The summed E-state index contributed by atoms with van der Waals surface area (Å²) in [4.78, 5) is 19.1. The highest BCUT2D eigenvalue weighted by Crippen LogP contribution is 2.40. The van der Waals surface area contributed by atoms with Crippen molar-refractivity contribution >= 4 is 56.3 Å². The normalized spacial score (nSPS) is 11.4. The predicted molar refractivity (Wildman–Crippen MR) is 291 cm³/mol. The van der Waals surface area contributed by atoms with Gasteiger partial charge in [-0.25, -0.2) is 19.8 Å². The maximum Gasteiger partial charge on any atom is 0.187 e. The second-order valence-electron chi connectivity index (χ2n) is 17.4. The van der Waals surface area contributed by atoms with Crippen LogP contribution in [0.2, 0.25) is 0 Å². The first-order valence-corrected chi connectivity index (χ1v) is 25.5. The van der Waals surface area contributed by atoms with Crippen molar-refractivity contribution in [2.75, 3.05) is 0 Å². The molecule has 0 aliphatic carbocycles. The Kier molecular flexibility index (Phi) is 10.9. The van der Waals surface area contributed by atoms with E-state index in [1.807, 2.05) is 84.9 Å². The van der Waals surface area contributed by atoms with Gasteiger partial charge in [-0.2, -0.15) is 0 Å². The average molecular weight is 910 g/mol. The number of rotatable bonds is 10. The largest absolute Gasteiger partial charge is 0.309 e. The fourth-order valence-corrected chi connectivity index (χ4v) is 15.0. The van der Waals surface area contributed by atoms with Gasteiger partial charge in [0.2, 0.25) is 0 Å². The van der Waals surface area contributed by atoms with Crippen molar-refractivity contribution in [2.45, 2.75) is 0 Å². The van der Waals surface area contributed by atoms with Crippen molar-refractivity contribution in [1.29, 1.82) is 0 Å². The molecule has 0 N–H and O–H groups in total. The number of nitrogens with zero attached hydrogens (tertiary/aromatic N) is 5. The molecule has 0 spiro atoms. The fraction of sp³-hybridized carbons (Fsp3) is 0. The lowest BCUT2D eigenvalue weighted by atomic mass is 10.00. The van der Waals surface area contributed by atoms with E-state index in [1.165, 1.54) is 20.7 Å². The van der Waals surface area contributed by atoms with E-state index in [0.717, 1.165) is 66.4 Å². The van der Waals surface area contributed by atoms with Gasteiger partial charge in [0.05, 0.1) is 23.3 Å². The van der Waals surface area contributed by atoms with Crippen molar-refractivity contribution in [2.24, 2.45) is 0 Å². The van der Waals surface area contributed by atoms with Crippen LogP contribution in [0.1, 0.15) is 0 Å². The lowest BCUT2D eigenvalue weighted by Gasteiger charge is -2.34. The zero-order valence-electron chi connectivity index (χ0n) is 38.1. The highest BCUT2D eigenvalue weighted by atomic mass is 28.3. The molecule has 0 atom stereocenters. The lowest BCUT2D eigenvalue weighted by molar-refractivity contribution is 1.07. The summed E-state index contributed by atoms with van der Waals surface area (Å²) < 4.78 is 2.42. The highest BCUT2D eigenvalue weighted by Gasteiger charge is 2.41. The van der Waals surface area contributed by atoms with Gasteiger partial charge in [-0.1, -0.05) is 243 Å². The van der Waals surface area contributed by atoms with Crippen LogP contribution in [0.3, 0.4) is 0 Å². The third-order valence-corrected chi connectivity index (χ3v) is 18.2. The zero-order chi connectivity index (χ0) is 46.9. The molecule has 70 heavy (non-hydrogen) atoms. The van der Waals surface area contributed by atoms with Crippen molar-refractivity contribution < 1.29 is 0 Å². The van der Waals surface area contributed by atoms with Crippen LogP contribution in [0.4, 0.5) is 5.69 Å². The minimum Gasteiger partial charge on any atom is -0.309 e. The molecule has 0 aliphatic rings. The van der Waals surface area contributed by atoms with Crippen LogP contribution >= 0.6 is 0 Å². The fourth-order valence-electron chi connectivity index (χ4n) is 10.2. The van der Waals surface area contributed by atoms with E-state index in [0.29, 0.717) is 23.2 Å². The molecule has 10 aromatic carbocycles. The van der Waals surface area contributed by atoms with Gasteiger partial charge in [0.15, 0.2) is 31.2 Å². The van der Waals surface area contributed by atoms with Gasteiger partial charge in [-0.05, 0) is 55.6 Å². The van der Waals surface area contributed by atoms with Crippen LogP contribution in [-0.2, 0) is 0 Å². The van der Waals surface area contributed by atoms with E-state index < -0.39 is 8.07 Å². The van der Waals surface area contributed by atoms with E-state index in [2.05, 4.69) is 185 Å². The molecule has 0 aliphatic heterocycles. The quantitative estimate of drug-likeness (QED) is 0.0780. The smallest absolute Gasteiger partial charge is 0.187 e. The number of fused-ring (bicyclic) bond motifs is 3. The summed E-state index contributed by atoms with van der Waals surface area (Å²) >= 11 is 0. The summed E-state index contributed by atoms with van der Waals surface area (Å²) in [5.74, 6) is 1.80. The van der Waals surface area contributed by atoms with Gasteiger partial charge in [0.1, 0.15) is 0 Å². The van der Waals surface area contributed by atoms with Gasteiger partial charge in [-0.15, -0.1) is 0 Å². The average Bonchev–Trinajstić information content (AvgIpc) is 3.78. The molecule has 2 heterocycles. The molecule has 12 rings (SSSR count). The molecule has 2 aromatic heterocycles. The van der Waals surface area contributed by atoms with Gasteiger partial charge in [-0.3, -0.25) is 0 Å². The van der Waals surface area contributed by atoms with E-state index in [1.54, 1.807) is 0 Å². The van der Waals surface area contributed by atoms with Crippen LogP contribution in [0.5, 0.6) is 0 Å². The van der Waals surface area contributed by atoms with Crippen molar-refractivity contribution in [1.82, 2.24) is 19.5 Å². The molecule has 0 saturated carbocycles. The molecule has 0 unspecified atom stereocenters. The molecule has 12 aromatic rings. The maximum absolute atomic E-state index is 7.58. The van der Waals surface area contributed by atoms with Crippen LogP contribution in [0, 0.1) is 6.57 Å². The van der Waals surface area contributed by atoms with Crippen LogP contribution in [0.15, 0.2) is 261 Å². The molecule has 0 radical (unpaired) electrons. The summed E-state index contributed by atoms with van der Waals surface area (Å²) in [6.07, 6.45) is 0. The standard InChI is InChI=1S/C64H43N5Si/c1-65-51-38-34-45(35-39-51)48-36-41-58-57-32-17-18-33-59(57)69(61(58)43-48)60-44-50(64-67-62(46-20-7-2-8-21-46)66-63(68-64)47-22-9-3-10-23-47)37-40-56(60)49-24-19-31-55(42-49)70(52-25-11-4-12-26-52,53-27-13-5-14-28-53)54-29-15-6-16-30-54/h2-44H. The maximum atomic E-state index is 7.58. The molecular weight excluding hydrogens is 867 g/mol. The Morgan fingerprint density at radius 1 is 0.329 bits per heavy atom. The Hall–Kier alpha value is -9.28. The molecule has 5 nitrogen and oxygen atoms in total. The summed E-state index contributed by atoms with van der Waals surface area (Å²) in [7, 11) is -2.88. The van der Waals surface area contributed by atoms with Crippen molar-refractivity contribution in [3.8, 4) is 62.1 Å². The Balaban J connectivity index is 1.14. The van der Waals surface area contributed by atoms with Crippen molar-refractivity contribution in [3.05, 3.63) is 272 Å². The second-order valence-corrected chi connectivity index (χ2v) is 21.3. The van der Waals surface area contributed by atoms with E-state index >= 15 is 0 Å². The second kappa shape index (κ2) is 18.1. The third kappa shape index (κ3) is 7.48. The molecule has 6 heteroatoms. The first-order chi connectivity index (χ1) is 34.7. The number of para-hydroxylation sites is 1. The molecule has 0 saturated heterocycles. The van der Waals surface area contributed by atoms with E-state index in [-0.39, 0.29) is 0 Å². The Morgan fingerprint density at radius 2 is 0.786 bits per heavy atom. The van der Waals surface area contributed by atoms with Crippen LogP contribution in [0.25, 0.3) is 88.8 Å². The molecular formula is C64H43N5Si. The third-order valence-electron chi connectivity index (χ3n) is 13.4. The highest BCUT2D eigenvalue weighted by molar-refractivity contribution is 7.19. The first-order valence-electron chi connectivity index (χ1n) is 23.5. The lowest BCUT2D eigenvalue weighted by Crippen LogP contribution is -2.74. The topological polar surface area (TPSA) is 48.0 Å². The summed E-state index contributed by atoms with van der Waals surface area (Å²) in [5, 5.41) is 7.53. The number of hydrogen-bond donors (Lipinski definition) is 0. The molecule has 0 bridgehead atoms. The summed E-state index contributed by atoms with van der Waals surface area (Å²) in [5.41, 5.74) is 10.7. The molecule has 328 valence electrons. The summed E-state index contributed by atoms with van der Waals surface area (Å²) in [6.45, 7) is 7.58. The Bertz CT molecular complexity index is 3720. The minimum absolute atomic E-state index is 0.583. The molecule has 0 fully saturated rings. The minimum atomic E-state index is -2.88. The number of benzene rings is 10. The zero-order valence-corrected chi connectivity index (χ0v) is 39.1. The summed E-state index contributed by atoms with van der Waals surface area (Å²) in [6, 6.07) is 92.7. The van der Waals surface area contributed by atoms with E-state index in [4.69, 9.17) is 21.5 Å². The number of aromatic nitrogens is 4. The number of hydrogen-bond acceptors (Lipinski definition) is 3. The Labute approximate surface area is 408 Å².